The highest BCUT2D eigenvalue weighted by Gasteiger charge is 2.23. The number of rotatable bonds is 4. The van der Waals surface area contributed by atoms with Crippen molar-refractivity contribution in [2.24, 2.45) is 10.9 Å². The topological polar surface area (TPSA) is 112 Å². The maximum absolute atomic E-state index is 12.2. The molecule has 28 heavy (non-hydrogen) atoms. The highest BCUT2D eigenvalue weighted by molar-refractivity contribution is 7.89. The number of sulfonamides is 1. The summed E-state index contributed by atoms with van der Waals surface area (Å²) in [7, 11) is -3.93. The van der Waals surface area contributed by atoms with E-state index in [9.17, 15) is 8.42 Å². The molecule has 0 radical (unpaired) electrons. The molecule has 7 heteroatoms. The van der Waals surface area contributed by atoms with Crippen LogP contribution in [0.25, 0.3) is 22.4 Å². The fourth-order valence-electron chi connectivity index (χ4n) is 3.01. The Balaban J connectivity index is 2.28. The van der Waals surface area contributed by atoms with Gasteiger partial charge in [-0.05, 0) is 34.2 Å². The number of benzene rings is 2. The van der Waals surface area contributed by atoms with Gasteiger partial charge in [-0.1, -0.05) is 51.1 Å². The monoisotopic (exact) mass is 396 g/mol. The Labute approximate surface area is 165 Å². The summed E-state index contributed by atoms with van der Waals surface area (Å²) in [6.45, 7) is 6.64. The minimum Gasteiger partial charge on any atom is -0.326 e. The Morgan fingerprint density at radius 1 is 1.00 bits per heavy atom. The van der Waals surface area contributed by atoms with Crippen molar-refractivity contribution in [3.8, 4) is 22.4 Å². The lowest BCUT2D eigenvalue weighted by molar-refractivity contribution is 0.587. The molecule has 1 heterocycles. The van der Waals surface area contributed by atoms with E-state index in [1.807, 2.05) is 30.3 Å². The van der Waals surface area contributed by atoms with Crippen molar-refractivity contribution in [2.75, 3.05) is 0 Å². The first kappa shape index (κ1) is 20.1. The first-order chi connectivity index (χ1) is 13.1. The summed E-state index contributed by atoms with van der Waals surface area (Å²) in [5, 5.41) is 5.50. The van der Waals surface area contributed by atoms with E-state index in [-0.39, 0.29) is 10.3 Å². The van der Waals surface area contributed by atoms with Gasteiger partial charge >= 0.3 is 0 Å². The van der Waals surface area contributed by atoms with Gasteiger partial charge in [-0.25, -0.2) is 23.5 Å². The highest BCUT2D eigenvalue weighted by Crippen LogP contribution is 2.36. The van der Waals surface area contributed by atoms with Crippen LogP contribution in [0, 0.1) is 0 Å². The van der Waals surface area contributed by atoms with Crippen LogP contribution in [-0.4, -0.2) is 18.4 Å². The molecule has 3 aromatic rings. The first-order valence-electron chi connectivity index (χ1n) is 8.88. The van der Waals surface area contributed by atoms with Crippen molar-refractivity contribution in [1.29, 1.82) is 0 Å². The molecule has 0 aliphatic carbocycles. The van der Waals surface area contributed by atoms with Crippen LogP contribution < -0.4 is 10.9 Å². The third-order valence-corrected chi connectivity index (χ3v) is 5.59. The number of aromatic nitrogens is 2. The fourth-order valence-corrected chi connectivity index (χ4v) is 3.73. The molecule has 0 amide bonds. The molecule has 146 valence electrons. The molecule has 0 unspecified atom stereocenters. The van der Waals surface area contributed by atoms with Crippen LogP contribution in [0.4, 0.5) is 0 Å². The SMILES string of the molecule is CC(C)(C)c1ccc(S(N)(=O)=O)c(-c2ncncc2-c2ccc(CN)cc2)c1. The van der Waals surface area contributed by atoms with E-state index < -0.39 is 10.0 Å². The predicted molar refractivity (Wildman–Crippen MR) is 111 cm³/mol. The average Bonchev–Trinajstić information content (AvgIpc) is 2.66. The second-order valence-electron chi connectivity index (χ2n) is 7.69. The van der Waals surface area contributed by atoms with Crippen molar-refractivity contribution in [3.63, 3.8) is 0 Å². The molecule has 6 nitrogen and oxygen atoms in total. The van der Waals surface area contributed by atoms with Gasteiger partial charge in [-0.15, -0.1) is 0 Å². The van der Waals surface area contributed by atoms with E-state index in [0.29, 0.717) is 17.8 Å². The largest absolute Gasteiger partial charge is 0.326 e. The third kappa shape index (κ3) is 4.11. The summed E-state index contributed by atoms with van der Waals surface area (Å²) in [6.07, 6.45) is 3.08. The molecular weight excluding hydrogens is 372 g/mol. The zero-order chi connectivity index (χ0) is 20.5. The Kier molecular flexibility index (Phi) is 5.34. The van der Waals surface area contributed by atoms with Gasteiger partial charge in [0.25, 0.3) is 0 Å². The van der Waals surface area contributed by atoms with E-state index in [4.69, 9.17) is 10.9 Å². The molecule has 4 N–H and O–H groups in total. The van der Waals surface area contributed by atoms with Gasteiger partial charge in [0, 0.05) is 23.9 Å². The fraction of sp³-hybridized carbons (Fsp3) is 0.238. The van der Waals surface area contributed by atoms with Crippen molar-refractivity contribution in [1.82, 2.24) is 9.97 Å². The van der Waals surface area contributed by atoms with Gasteiger partial charge in [0.2, 0.25) is 10.0 Å². The Morgan fingerprint density at radius 3 is 2.25 bits per heavy atom. The van der Waals surface area contributed by atoms with Gasteiger partial charge in [-0.2, -0.15) is 0 Å². The molecule has 0 aliphatic heterocycles. The van der Waals surface area contributed by atoms with E-state index in [1.165, 1.54) is 6.33 Å². The summed E-state index contributed by atoms with van der Waals surface area (Å²) < 4.78 is 24.5. The summed E-state index contributed by atoms with van der Waals surface area (Å²) >= 11 is 0. The normalized spacial score (nSPS) is 12.2. The average molecular weight is 397 g/mol. The molecule has 0 saturated carbocycles. The van der Waals surface area contributed by atoms with Gasteiger partial charge in [-0.3, -0.25) is 0 Å². The number of primary sulfonamides is 1. The van der Waals surface area contributed by atoms with Crippen LogP contribution >= 0.6 is 0 Å². The van der Waals surface area contributed by atoms with Crippen LogP contribution in [0.15, 0.2) is 59.9 Å². The Bertz CT molecular complexity index is 1100. The van der Waals surface area contributed by atoms with E-state index in [1.54, 1.807) is 18.3 Å². The van der Waals surface area contributed by atoms with Crippen LogP contribution in [0.2, 0.25) is 0 Å². The van der Waals surface area contributed by atoms with Gasteiger partial charge < -0.3 is 5.73 Å². The number of nitrogens with zero attached hydrogens (tertiary/aromatic N) is 2. The molecule has 0 atom stereocenters. The van der Waals surface area contributed by atoms with Gasteiger partial charge in [0.05, 0.1) is 10.6 Å². The lowest BCUT2D eigenvalue weighted by Crippen LogP contribution is -2.16. The molecule has 0 bridgehead atoms. The zero-order valence-electron chi connectivity index (χ0n) is 16.2. The molecule has 3 rings (SSSR count). The summed E-state index contributed by atoms with van der Waals surface area (Å²) in [4.78, 5) is 8.59. The molecule has 2 aromatic carbocycles. The second kappa shape index (κ2) is 7.43. The zero-order valence-corrected chi connectivity index (χ0v) is 17.0. The minimum absolute atomic E-state index is 0.0408. The summed E-state index contributed by atoms with van der Waals surface area (Å²) in [6, 6.07) is 12.9. The van der Waals surface area contributed by atoms with Crippen molar-refractivity contribution in [3.05, 3.63) is 66.1 Å². The molecular formula is C21H24N4O2S. The number of hydrogen-bond donors (Lipinski definition) is 2. The lowest BCUT2D eigenvalue weighted by atomic mass is 9.85. The molecule has 0 spiro atoms. The van der Waals surface area contributed by atoms with Crippen molar-refractivity contribution < 1.29 is 8.42 Å². The quantitative estimate of drug-likeness (QED) is 0.703. The summed E-state index contributed by atoms with van der Waals surface area (Å²) in [5.74, 6) is 0. The standard InChI is InChI=1S/C21H24N4O2S/c1-21(2,3)16-8-9-19(28(23,26)27)17(10-16)20-18(12-24-13-25-20)15-6-4-14(11-22)5-7-15/h4-10,12-13H,11,22H2,1-3H3,(H2,23,26,27). The van der Waals surface area contributed by atoms with Crippen molar-refractivity contribution >= 4 is 10.0 Å². The maximum atomic E-state index is 12.2. The molecule has 0 saturated heterocycles. The maximum Gasteiger partial charge on any atom is 0.238 e. The van der Waals surface area contributed by atoms with Crippen molar-refractivity contribution in [2.45, 2.75) is 37.6 Å². The predicted octanol–water partition coefficient (Wildman–Crippen LogP) is 3.21. The smallest absolute Gasteiger partial charge is 0.238 e. The van der Waals surface area contributed by atoms with Gasteiger partial charge in [0.15, 0.2) is 0 Å². The van der Waals surface area contributed by atoms with E-state index >= 15 is 0 Å². The highest BCUT2D eigenvalue weighted by atomic mass is 32.2. The first-order valence-corrected chi connectivity index (χ1v) is 10.4. The Hall–Kier alpha value is -2.61. The lowest BCUT2D eigenvalue weighted by Gasteiger charge is -2.21. The molecule has 0 fully saturated rings. The summed E-state index contributed by atoms with van der Waals surface area (Å²) in [5.41, 5.74) is 10.1. The van der Waals surface area contributed by atoms with Crippen LogP contribution in [0.1, 0.15) is 31.9 Å². The van der Waals surface area contributed by atoms with E-state index in [2.05, 4.69) is 30.7 Å². The van der Waals surface area contributed by atoms with E-state index in [0.717, 1.165) is 22.3 Å². The number of nitrogens with two attached hydrogens (primary N) is 2. The Morgan fingerprint density at radius 2 is 1.68 bits per heavy atom. The third-order valence-electron chi connectivity index (χ3n) is 4.62. The van der Waals surface area contributed by atoms with Crippen LogP contribution in [0.3, 0.4) is 0 Å². The number of hydrogen-bond acceptors (Lipinski definition) is 5. The minimum atomic E-state index is -3.93. The second-order valence-corrected chi connectivity index (χ2v) is 9.22. The van der Waals surface area contributed by atoms with Crippen LogP contribution in [0.5, 0.6) is 0 Å². The molecule has 0 aliphatic rings. The van der Waals surface area contributed by atoms with Gasteiger partial charge in [0.1, 0.15) is 6.33 Å². The van der Waals surface area contributed by atoms with Crippen LogP contribution in [-0.2, 0) is 22.0 Å². The molecule has 1 aromatic heterocycles.